The van der Waals surface area contributed by atoms with Crippen LogP contribution in [0.15, 0.2) is 30.3 Å². The molecule has 0 aliphatic heterocycles. The van der Waals surface area contributed by atoms with Gasteiger partial charge in [0.1, 0.15) is 12.6 Å². The molecule has 0 fully saturated rings. The number of esters is 1. The number of carboxylic acid groups (broad SMARTS) is 1. The largest absolute Gasteiger partial charge is 0.480 e. The number of hydrogen-bond acceptors (Lipinski definition) is 6. The van der Waals surface area contributed by atoms with Crippen molar-refractivity contribution in [2.45, 2.75) is 19.1 Å². The maximum Gasteiger partial charge on any atom is 0.321 e. The maximum atomic E-state index is 10.6. The number of carboxylic acids is 1. The van der Waals surface area contributed by atoms with Crippen LogP contribution in [0.4, 0.5) is 0 Å². The van der Waals surface area contributed by atoms with E-state index in [9.17, 15) is 14.4 Å². The van der Waals surface area contributed by atoms with Gasteiger partial charge in [-0.1, -0.05) is 30.3 Å². The number of carbonyl (C=O) groups excluding carboxylic acids is 2. The summed E-state index contributed by atoms with van der Waals surface area (Å²) in [6.45, 7) is 0.240. The average molecular weight is 297 g/mol. The second-order valence-corrected chi connectivity index (χ2v) is 3.97. The molecule has 1 atom stereocenters. The summed E-state index contributed by atoms with van der Waals surface area (Å²) in [5, 5.41) is 8.10. The molecule has 116 valence electrons. The minimum atomic E-state index is -1.21. The topological polar surface area (TPSA) is 159 Å². The Kier molecular flexibility index (Phi) is 9.14. The van der Waals surface area contributed by atoms with E-state index >= 15 is 0 Å². The third kappa shape index (κ3) is 10.0. The lowest BCUT2D eigenvalue weighted by Crippen LogP contribution is -2.34. The van der Waals surface area contributed by atoms with Crippen LogP contribution in [0.2, 0.25) is 0 Å². The molecule has 7 N–H and O–H groups in total. The van der Waals surface area contributed by atoms with E-state index in [4.69, 9.17) is 21.3 Å². The van der Waals surface area contributed by atoms with Crippen molar-refractivity contribution in [3.05, 3.63) is 35.9 Å². The summed E-state index contributed by atoms with van der Waals surface area (Å²) in [5.74, 6) is -2.29. The zero-order chi connectivity index (χ0) is 16.3. The summed E-state index contributed by atoms with van der Waals surface area (Å²) < 4.78 is 4.81. The molecule has 0 bridgehead atoms. The van der Waals surface area contributed by atoms with E-state index in [0.717, 1.165) is 5.56 Å². The van der Waals surface area contributed by atoms with Crippen molar-refractivity contribution in [2.75, 3.05) is 6.54 Å². The van der Waals surface area contributed by atoms with Crippen LogP contribution < -0.4 is 17.2 Å². The zero-order valence-corrected chi connectivity index (χ0v) is 11.4. The average Bonchev–Trinajstić information content (AvgIpc) is 2.45. The van der Waals surface area contributed by atoms with E-state index in [2.05, 4.69) is 5.73 Å². The van der Waals surface area contributed by atoms with Gasteiger partial charge in [0.05, 0.1) is 13.0 Å². The highest BCUT2D eigenvalue weighted by atomic mass is 16.5. The van der Waals surface area contributed by atoms with Gasteiger partial charge in [0.15, 0.2) is 0 Å². The fourth-order valence-corrected chi connectivity index (χ4v) is 1.10. The van der Waals surface area contributed by atoms with Crippen LogP contribution in [0, 0.1) is 0 Å². The number of amides is 1. The van der Waals surface area contributed by atoms with E-state index in [1.807, 2.05) is 30.3 Å². The molecule has 0 spiro atoms. The second-order valence-electron chi connectivity index (χ2n) is 3.97. The lowest BCUT2D eigenvalue weighted by atomic mass is 10.2. The smallest absolute Gasteiger partial charge is 0.321 e. The predicted octanol–water partition coefficient (Wildman–Crippen LogP) is -1.04. The highest BCUT2D eigenvalue weighted by Gasteiger charge is 2.13. The first-order valence-electron chi connectivity index (χ1n) is 6.03. The number of aliphatic carboxylic acids is 1. The van der Waals surface area contributed by atoms with Gasteiger partial charge >= 0.3 is 11.9 Å². The molecule has 0 aromatic heterocycles. The molecule has 1 aromatic rings. The number of primary amides is 1. The van der Waals surface area contributed by atoms with Gasteiger partial charge in [0, 0.05) is 0 Å². The van der Waals surface area contributed by atoms with E-state index < -0.39 is 17.9 Å². The van der Waals surface area contributed by atoms with Crippen LogP contribution in [0.3, 0.4) is 0 Å². The highest BCUT2D eigenvalue weighted by molar-refractivity contribution is 5.83. The highest BCUT2D eigenvalue weighted by Crippen LogP contribution is 1.99. The van der Waals surface area contributed by atoms with E-state index in [0.29, 0.717) is 6.61 Å². The van der Waals surface area contributed by atoms with Crippen molar-refractivity contribution in [1.82, 2.24) is 0 Å². The second kappa shape index (κ2) is 10.4. The van der Waals surface area contributed by atoms with Gasteiger partial charge in [-0.2, -0.15) is 0 Å². The molecule has 0 aliphatic rings. The van der Waals surface area contributed by atoms with Crippen molar-refractivity contribution in [2.24, 2.45) is 17.2 Å². The number of benzene rings is 1. The molecule has 21 heavy (non-hydrogen) atoms. The molecule has 0 radical (unpaired) electrons. The van der Waals surface area contributed by atoms with Gasteiger partial charge in [0.2, 0.25) is 5.91 Å². The summed E-state index contributed by atoms with van der Waals surface area (Å²) in [5.41, 5.74) is 15.6. The molecule has 0 heterocycles. The Balaban J connectivity index is 0.000000400. The molecule has 1 aromatic carbocycles. The molecular formula is C13H19N3O5. The maximum absolute atomic E-state index is 10.6. The third-order valence-electron chi connectivity index (χ3n) is 2.15. The van der Waals surface area contributed by atoms with Crippen LogP contribution >= 0.6 is 0 Å². The Morgan fingerprint density at radius 1 is 1.19 bits per heavy atom. The van der Waals surface area contributed by atoms with Crippen LogP contribution in [0.25, 0.3) is 0 Å². The third-order valence-corrected chi connectivity index (χ3v) is 2.15. The van der Waals surface area contributed by atoms with Gasteiger partial charge in [-0.25, -0.2) is 0 Å². The van der Waals surface area contributed by atoms with Crippen molar-refractivity contribution in [3.63, 3.8) is 0 Å². The minimum absolute atomic E-state index is 0.0627. The molecule has 8 heteroatoms. The summed E-state index contributed by atoms with van der Waals surface area (Å²) in [6.07, 6.45) is -0.310. The van der Waals surface area contributed by atoms with E-state index in [1.165, 1.54) is 0 Å². The molecule has 8 nitrogen and oxygen atoms in total. The van der Waals surface area contributed by atoms with Crippen LogP contribution in [-0.4, -0.2) is 35.5 Å². The molecule has 1 rings (SSSR count). The van der Waals surface area contributed by atoms with Crippen molar-refractivity contribution >= 4 is 17.8 Å². The summed E-state index contributed by atoms with van der Waals surface area (Å²) in [6, 6.07) is 8.32. The summed E-state index contributed by atoms with van der Waals surface area (Å²) in [4.78, 5) is 30.5. The Labute approximate surface area is 121 Å². The van der Waals surface area contributed by atoms with Crippen molar-refractivity contribution in [1.29, 1.82) is 0 Å². The number of rotatable bonds is 6. The first kappa shape index (κ1) is 18.6. The fraction of sp³-hybridized carbons (Fsp3) is 0.308. The summed E-state index contributed by atoms with van der Waals surface area (Å²) >= 11 is 0. The molecule has 1 amide bonds. The van der Waals surface area contributed by atoms with E-state index in [1.54, 1.807) is 0 Å². The Hall–Kier alpha value is -2.45. The van der Waals surface area contributed by atoms with Crippen LogP contribution in [0.5, 0.6) is 0 Å². The Morgan fingerprint density at radius 3 is 2.14 bits per heavy atom. The number of ether oxygens (including phenoxy) is 1. The first-order chi connectivity index (χ1) is 9.86. The van der Waals surface area contributed by atoms with Gasteiger partial charge in [-0.15, -0.1) is 0 Å². The van der Waals surface area contributed by atoms with Crippen LogP contribution in [-0.2, 0) is 25.7 Å². The minimum Gasteiger partial charge on any atom is -0.480 e. The lowest BCUT2D eigenvalue weighted by molar-refractivity contribution is -0.143. The Bertz CT molecular complexity index is 464. The lowest BCUT2D eigenvalue weighted by Gasteiger charge is -2.01. The number of hydrogen-bond donors (Lipinski definition) is 4. The molecule has 0 aliphatic carbocycles. The quantitative estimate of drug-likeness (QED) is 0.488. The zero-order valence-electron chi connectivity index (χ0n) is 11.4. The van der Waals surface area contributed by atoms with Gasteiger partial charge in [-0.05, 0) is 5.56 Å². The molecule has 0 saturated heterocycles. The van der Waals surface area contributed by atoms with Crippen molar-refractivity contribution < 1.29 is 24.2 Å². The monoisotopic (exact) mass is 297 g/mol. The van der Waals surface area contributed by atoms with Gasteiger partial charge in [0.25, 0.3) is 0 Å². The molecule has 0 saturated carbocycles. The van der Waals surface area contributed by atoms with Crippen LogP contribution in [0.1, 0.15) is 12.0 Å². The van der Waals surface area contributed by atoms with Gasteiger partial charge < -0.3 is 27.0 Å². The fourth-order valence-electron chi connectivity index (χ4n) is 1.10. The predicted molar refractivity (Wildman–Crippen MR) is 74.7 cm³/mol. The normalized spacial score (nSPS) is 10.8. The summed E-state index contributed by atoms with van der Waals surface area (Å²) in [7, 11) is 0. The molecular weight excluding hydrogens is 278 g/mol. The molecule has 1 unspecified atom stereocenters. The number of nitrogens with two attached hydrogens (primary N) is 3. The van der Waals surface area contributed by atoms with E-state index in [-0.39, 0.29) is 18.9 Å². The first-order valence-corrected chi connectivity index (χ1v) is 6.03. The van der Waals surface area contributed by atoms with Gasteiger partial charge in [-0.3, -0.25) is 14.4 Å². The standard InChI is InChI=1S/C9H11NO2.C4H8N2O3/c10-6-9(11)12-7-8-4-2-1-3-5-8;5-2(4(8)9)1-3(6)7/h1-5H,6-7,10H2;2H,1,5H2,(H2,6,7)(H,8,9). The SMILES string of the molecule is NC(=O)CC(N)C(=O)O.NCC(=O)OCc1ccccc1. The van der Waals surface area contributed by atoms with Crippen molar-refractivity contribution in [3.8, 4) is 0 Å². The Morgan fingerprint density at radius 2 is 1.76 bits per heavy atom. The number of carbonyl (C=O) groups is 3.